The number of hydrogen-bond acceptors (Lipinski definition) is 4. The van der Waals surface area contributed by atoms with Crippen molar-refractivity contribution < 1.29 is 13.2 Å². The molecule has 0 N–H and O–H groups in total. The molecule has 1 aliphatic rings. The Hall–Kier alpha value is -3.20. The summed E-state index contributed by atoms with van der Waals surface area (Å²) >= 11 is 12.3. The van der Waals surface area contributed by atoms with Crippen LogP contribution in [0.5, 0.6) is 0 Å². The van der Waals surface area contributed by atoms with Crippen molar-refractivity contribution in [3.05, 3.63) is 136 Å². The molecule has 212 valence electrons. The van der Waals surface area contributed by atoms with E-state index in [1.54, 1.807) is 41.3 Å². The number of amides is 1. The smallest absolute Gasteiger partial charge is 0.243 e. The number of carbonyl (C=O) groups excluding carboxylic acids is 1. The standard InChI is InChI=1S/C32H31Cl2N3O3S/c33-29-17-16-25(22-30(29)34)23-37(41(39,40)28-14-8-3-9-15-28)24-31(38)35-18-20-36(21-19-35)32(26-10-4-1-5-11-26)27-12-6-2-7-13-27/h1-17,22,32H,18-21,23-24H2. The Kier molecular flexibility index (Phi) is 9.42. The lowest BCUT2D eigenvalue weighted by Gasteiger charge is -2.40. The highest BCUT2D eigenvalue weighted by Crippen LogP contribution is 2.30. The van der Waals surface area contributed by atoms with Crippen LogP contribution in [0.25, 0.3) is 0 Å². The zero-order valence-corrected chi connectivity index (χ0v) is 24.8. The van der Waals surface area contributed by atoms with Gasteiger partial charge in [0.2, 0.25) is 15.9 Å². The highest BCUT2D eigenvalue weighted by molar-refractivity contribution is 7.89. The van der Waals surface area contributed by atoms with Crippen molar-refractivity contribution in [2.45, 2.75) is 17.5 Å². The SMILES string of the molecule is O=C(CN(Cc1ccc(Cl)c(Cl)c1)S(=O)(=O)c1ccccc1)N1CCN(C(c2ccccc2)c2ccccc2)CC1. The third-order valence-electron chi connectivity index (χ3n) is 7.30. The Morgan fingerprint density at radius 3 is 1.80 bits per heavy atom. The second kappa shape index (κ2) is 13.2. The van der Waals surface area contributed by atoms with E-state index in [9.17, 15) is 13.2 Å². The normalized spacial score (nSPS) is 14.5. The van der Waals surface area contributed by atoms with Gasteiger partial charge in [0, 0.05) is 32.7 Å². The van der Waals surface area contributed by atoms with Crippen molar-refractivity contribution >= 4 is 39.1 Å². The van der Waals surface area contributed by atoms with Crippen LogP contribution in [0.2, 0.25) is 10.0 Å². The Bertz CT molecular complexity index is 1520. The molecule has 1 fully saturated rings. The zero-order valence-electron chi connectivity index (χ0n) is 22.4. The number of carbonyl (C=O) groups is 1. The van der Waals surface area contributed by atoms with Crippen molar-refractivity contribution in [1.29, 1.82) is 0 Å². The van der Waals surface area contributed by atoms with Gasteiger partial charge in [0.05, 0.1) is 27.5 Å². The maximum absolute atomic E-state index is 13.6. The molecule has 4 aromatic rings. The van der Waals surface area contributed by atoms with Crippen molar-refractivity contribution in [3.8, 4) is 0 Å². The quantitative estimate of drug-likeness (QED) is 0.230. The molecule has 0 aliphatic carbocycles. The fourth-order valence-corrected chi connectivity index (χ4v) is 6.89. The third kappa shape index (κ3) is 7.00. The molecule has 1 amide bonds. The number of benzene rings is 4. The van der Waals surface area contributed by atoms with Crippen molar-refractivity contribution in [2.24, 2.45) is 0 Å². The van der Waals surface area contributed by atoms with Crippen LogP contribution < -0.4 is 0 Å². The minimum absolute atomic E-state index is 0.0100. The monoisotopic (exact) mass is 607 g/mol. The molecule has 4 aromatic carbocycles. The zero-order chi connectivity index (χ0) is 28.8. The first kappa shape index (κ1) is 29.3. The summed E-state index contributed by atoms with van der Waals surface area (Å²) in [5.41, 5.74) is 3.03. The molecule has 0 spiro atoms. The van der Waals surface area contributed by atoms with Gasteiger partial charge in [-0.1, -0.05) is 108 Å². The van der Waals surface area contributed by atoms with Crippen LogP contribution in [0.4, 0.5) is 0 Å². The van der Waals surface area contributed by atoms with Gasteiger partial charge >= 0.3 is 0 Å². The molecule has 6 nitrogen and oxygen atoms in total. The van der Waals surface area contributed by atoms with Crippen LogP contribution in [-0.4, -0.2) is 61.2 Å². The summed E-state index contributed by atoms with van der Waals surface area (Å²) in [6.07, 6.45) is 0. The Morgan fingerprint density at radius 1 is 0.732 bits per heavy atom. The van der Waals surface area contributed by atoms with Crippen LogP contribution in [0.15, 0.2) is 114 Å². The minimum atomic E-state index is -3.95. The number of piperazine rings is 1. The summed E-state index contributed by atoms with van der Waals surface area (Å²) in [5, 5.41) is 0.709. The van der Waals surface area contributed by atoms with Crippen LogP contribution >= 0.6 is 23.2 Å². The van der Waals surface area contributed by atoms with Crippen molar-refractivity contribution in [2.75, 3.05) is 32.7 Å². The van der Waals surface area contributed by atoms with Gasteiger partial charge in [-0.3, -0.25) is 9.69 Å². The van der Waals surface area contributed by atoms with Gasteiger partial charge in [0.15, 0.2) is 0 Å². The highest BCUT2D eigenvalue weighted by atomic mass is 35.5. The van der Waals surface area contributed by atoms with Gasteiger partial charge in [0.1, 0.15) is 0 Å². The Labute approximate surface area is 251 Å². The molecular weight excluding hydrogens is 577 g/mol. The fourth-order valence-electron chi connectivity index (χ4n) is 5.17. The second-order valence-electron chi connectivity index (χ2n) is 9.98. The fraction of sp³-hybridized carbons (Fsp3) is 0.219. The lowest BCUT2D eigenvalue weighted by Crippen LogP contribution is -2.52. The first-order chi connectivity index (χ1) is 19.8. The predicted octanol–water partition coefficient (Wildman–Crippen LogP) is 6.12. The van der Waals surface area contributed by atoms with Gasteiger partial charge in [-0.2, -0.15) is 4.31 Å². The average molecular weight is 609 g/mol. The Balaban J connectivity index is 1.33. The number of nitrogens with zero attached hydrogens (tertiary/aromatic N) is 3. The molecule has 0 radical (unpaired) electrons. The number of halogens is 2. The maximum Gasteiger partial charge on any atom is 0.243 e. The number of hydrogen-bond donors (Lipinski definition) is 0. The second-order valence-corrected chi connectivity index (χ2v) is 12.7. The maximum atomic E-state index is 13.6. The molecule has 41 heavy (non-hydrogen) atoms. The van der Waals surface area contributed by atoms with Gasteiger partial charge in [-0.05, 0) is 41.0 Å². The van der Waals surface area contributed by atoms with Crippen molar-refractivity contribution in [1.82, 2.24) is 14.1 Å². The summed E-state index contributed by atoms with van der Waals surface area (Å²) in [7, 11) is -3.95. The van der Waals surface area contributed by atoms with E-state index < -0.39 is 10.0 Å². The van der Waals surface area contributed by atoms with Gasteiger partial charge in [0.25, 0.3) is 0 Å². The Morgan fingerprint density at radius 2 is 1.27 bits per heavy atom. The topological polar surface area (TPSA) is 60.9 Å². The van der Waals surface area contributed by atoms with E-state index in [1.807, 2.05) is 36.4 Å². The number of rotatable bonds is 9. The van der Waals surface area contributed by atoms with Crippen LogP contribution in [-0.2, 0) is 21.4 Å². The van der Waals surface area contributed by atoms with E-state index in [0.717, 1.165) is 0 Å². The summed E-state index contributed by atoms with van der Waals surface area (Å²) < 4.78 is 28.5. The molecule has 0 unspecified atom stereocenters. The van der Waals surface area contributed by atoms with E-state index in [1.165, 1.54) is 27.6 Å². The minimum Gasteiger partial charge on any atom is -0.339 e. The molecule has 0 aromatic heterocycles. The van der Waals surface area contributed by atoms with Crippen LogP contribution in [0, 0.1) is 0 Å². The lowest BCUT2D eigenvalue weighted by molar-refractivity contribution is -0.133. The molecule has 9 heteroatoms. The molecule has 0 atom stereocenters. The largest absolute Gasteiger partial charge is 0.339 e. The van der Waals surface area contributed by atoms with E-state index >= 15 is 0 Å². The molecule has 5 rings (SSSR count). The lowest BCUT2D eigenvalue weighted by atomic mass is 9.96. The van der Waals surface area contributed by atoms with Gasteiger partial charge in [-0.25, -0.2) is 8.42 Å². The summed E-state index contributed by atoms with van der Waals surface area (Å²) in [5.74, 6) is -0.236. The van der Waals surface area contributed by atoms with Crippen LogP contribution in [0.3, 0.4) is 0 Å². The molecular formula is C32H31Cl2N3O3S. The van der Waals surface area contributed by atoms with E-state index in [0.29, 0.717) is 41.8 Å². The van der Waals surface area contributed by atoms with E-state index in [-0.39, 0.29) is 29.9 Å². The summed E-state index contributed by atoms with van der Waals surface area (Å²) in [6.45, 7) is 2.04. The summed E-state index contributed by atoms with van der Waals surface area (Å²) in [6, 6.07) is 33.9. The summed E-state index contributed by atoms with van der Waals surface area (Å²) in [4.78, 5) is 17.8. The molecule has 0 saturated carbocycles. The van der Waals surface area contributed by atoms with Gasteiger partial charge < -0.3 is 4.90 Å². The first-order valence-corrected chi connectivity index (χ1v) is 15.6. The molecule has 1 aliphatic heterocycles. The number of sulfonamides is 1. The highest BCUT2D eigenvalue weighted by Gasteiger charge is 2.32. The van der Waals surface area contributed by atoms with Crippen molar-refractivity contribution in [3.63, 3.8) is 0 Å². The predicted molar refractivity (Wildman–Crippen MR) is 163 cm³/mol. The molecule has 1 saturated heterocycles. The molecule has 0 bridgehead atoms. The van der Waals surface area contributed by atoms with E-state index in [2.05, 4.69) is 29.2 Å². The average Bonchev–Trinajstić information content (AvgIpc) is 3.00. The first-order valence-electron chi connectivity index (χ1n) is 13.4. The van der Waals surface area contributed by atoms with Gasteiger partial charge in [-0.15, -0.1) is 0 Å². The van der Waals surface area contributed by atoms with Crippen LogP contribution in [0.1, 0.15) is 22.7 Å². The van der Waals surface area contributed by atoms with E-state index in [4.69, 9.17) is 23.2 Å². The third-order valence-corrected chi connectivity index (χ3v) is 9.84. The molecule has 1 heterocycles.